The van der Waals surface area contributed by atoms with E-state index in [1.165, 1.54) is 29.3 Å². The first-order valence-electron chi connectivity index (χ1n) is 13.1. The Bertz CT molecular complexity index is 1360. The molecule has 2 N–H and O–H groups in total. The second kappa shape index (κ2) is 18.7. The van der Waals surface area contributed by atoms with E-state index in [1.807, 2.05) is 26.0 Å². The standard InChI is InChI=1S/C13H14N4S.C13H16N2S.C4H8O2/c1-10-16-13(9-18-10)6-5-11-3-2-4-12(7-11)8-15-17-14;1-10-15-13(9-16-10)6-5-11-3-2-4-12(7-11)8-14;1-3-6-4(2)5/h2-4,7,9H,5-6,8H2,1H3;2-4,7,9H,5-6,8,14H2,1H3;3H2,1-2H3. The highest BCUT2D eigenvalue weighted by Gasteiger charge is 2.01. The molecule has 2 heterocycles. The fourth-order valence-electron chi connectivity index (χ4n) is 3.70. The molecule has 2 aromatic carbocycles. The maximum Gasteiger partial charge on any atom is 0.302 e. The number of nitrogens with two attached hydrogens (primary N) is 1. The van der Waals surface area contributed by atoms with Gasteiger partial charge in [-0.2, -0.15) is 0 Å². The minimum absolute atomic E-state index is 0.211. The molecule has 10 heteroatoms. The second-order valence-electron chi connectivity index (χ2n) is 8.87. The lowest BCUT2D eigenvalue weighted by atomic mass is 10.1. The van der Waals surface area contributed by atoms with Gasteiger partial charge in [0.15, 0.2) is 0 Å². The molecule has 0 saturated carbocycles. The van der Waals surface area contributed by atoms with Crippen LogP contribution in [0, 0.1) is 13.8 Å². The quantitative estimate of drug-likeness (QED) is 0.0913. The number of hydrogen-bond donors (Lipinski definition) is 1. The van der Waals surface area contributed by atoms with Gasteiger partial charge in [-0.15, -0.1) is 22.7 Å². The fourth-order valence-corrected chi connectivity index (χ4v) is 5.00. The molecule has 0 aliphatic rings. The molecule has 0 fully saturated rings. The third-order valence-corrected chi connectivity index (χ3v) is 7.20. The summed E-state index contributed by atoms with van der Waals surface area (Å²) in [6, 6.07) is 16.6. The summed E-state index contributed by atoms with van der Waals surface area (Å²) in [7, 11) is 0. The topological polar surface area (TPSA) is 127 Å². The van der Waals surface area contributed by atoms with Crippen molar-refractivity contribution in [1.29, 1.82) is 0 Å². The number of esters is 1. The van der Waals surface area contributed by atoms with Crippen LogP contribution in [-0.4, -0.2) is 22.5 Å². The Morgan fingerprint density at radius 1 is 0.900 bits per heavy atom. The maximum absolute atomic E-state index is 9.82. The molecule has 40 heavy (non-hydrogen) atoms. The van der Waals surface area contributed by atoms with E-state index in [0.717, 1.165) is 47.0 Å². The molecule has 0 saturated heterocycles. The Balaban J connectivity index is 0.000000235. The molecule has 2 aromatic heterocycles. The van der Waals surface area contributed by atoms with Crippen molar-refractivity contribution in [3.05, 3.63) is 113 Å². The first-order valence-corrected chi connectivity index (χ1v) is 14.9. The summed E-state index contributed by atoms with van der Waals surface area (Å²) in [6.07, 6.45) is 3.97. The molecule has 4 aromatic rings. The predicted octanol–water partition coefficient (Wildman–Crippen LogP) is 7.31. The molecule has 0 radical (unpaired) electrons. The summed E-state index contributed by atoms with van der Waals surface area (Å²) in [5, 5.41) is 10.1. The van der Waals surface area contributed by atoms with Crippen LogP contribution in [0.2, 0.25) is 0 Å². The lowest BCUT2D eigenvalue weighted by molar-refractivity contribution is -0.140. The van der Waals surface area contributed by atoms with Crippen LogP contribution >= 0.6 is 22.7 Å². The monoisotopic (exact) mass is 578 g/mol. The van der Waals surface area contributed by atoms with Crippen molar-refractivity contribution < 1.29 is 9.53 Å². The summed E-state index contributed by atoms with van der Waals surface area (Å²) < 4.78 is 4.40. The number of rotatable bonds is 10. The minimum Gasteiger partial charge on any atom is -0.466 e. The van der Waals surface area contributed by atoms with Crippen LogP contribution in [0.25, 0.3) is 10.4 Å². The Kier molecular flexibility index (Phi) is 15.2. The van der Waals surface area contributed by atoms with E-state index in [0.29, 0.717) is 19.7 Å². The van der Waals surface area contributed by atoms with Gasteiger partial charge in [-0.25, -0.2) is 9.97 Å². The van der Waals surface area contributed by atoms with Gasteiger partial charge >= 0.3 is 5.97 Å². The van der Waals surface area contributed by atoms with Gasteiger partial charge in [0.25, 0.3) is 0 Å². The third-order valence-electron chi connectivity index (χ3n) is 5.56. The molecule has 0 spiro atoms. The van der Waals surface area contributed by atoms with Gasteiger partial charge in [0.05, 0.1) is 34.6 Å². The molecule has 8 nitrogen and oxygen atoms in total. The normalized spacial score (nSPS) is 9.93. The van der Waals surface area contributed by atoms with E-state index in [1.54, 1.807) is 29.6 Å². The Labute approximate surface area is 244 Å². The summed E-state index contributed by atoms with van der Waals surface area (Å²) in [5.41, 5.74) is 21.1. The van der Waals surface area contributed by atoms with Gasteiger partial charge in [0.1, 0.15) is 0 Å². The maximum atomic E-state index is 9.82. The SMILES string of the molecule is CCOC(C)=O.Cc1nc(CCc2cccc(CN)c2)cs1.Cc1nc(CCc2cccc(CN=[N+]=[N-])c2)cs1. The van der Waals surface area contributed by atoms with Gasteiger partial charge in [0.2, 0.25) is 0 Å². The van der Waals surface area contributed by atoms with E-state index in [9.17, 15) is 4.79 Å². The number of thiazole rings is 2. The lowest BCUT2D eigenvalue weighted by Gasteiger charge is -2.02. The summed E-state index contributed by atoms with van der Waals surface area (Å²) in [4.78, 5) is 21.5. The van der Waals surface area contributed by atoms with Crippen LogP contribution in [0.3, 0.4) is 0 Å². The van der Waals surface area contributed by atoms with E-state index in [2.05, 4.69) is 71.9 Å². The Morgan fingerprint density at radius 3 is 1.80 bits per heavy atom. The van der Waals surface area contributed by atoms with Crippen LogP contribution in [-0.2, 0) is 48.3 Å². The van der Waals surface area contributed by atoms with Crippen molar-refractivity contribution in [3.8, 4) is 0 Å². The Hall–Kier alpha value is -3.56. The highest BCUT2D eigenvalue weighted by Crippen LogP contribution is 2.14. The molecular weight excluding hydrogens is 541 g/mol. The van der Waals surface area contributed by atoms with Gasteiger partial charge in [-0.1, -0.05) is 53.6 Å². The van der Waals surface area contributed by atoms with E-state index in [-0.39, 0.29) is 5.97 Å². The van der Waals surface area contributed by atoms with E-state index < -0.39 is 0 Å². The number of azide groups is 1. The molecule has 212 valence electrons. The molecule has 0 bridgehead atoms. The summed E-state index contributed by atoms with van der Waals surface area (Å²) >= 11 is 3.40. The number of aryl methyl sites for hydroxylation is 6. The number of nitrogens with zero attached hydrogens (tertiary/aromatic N) is 5. The van der Waals surface area contributed by atoms with Crippen LogP contribution in [0.15, 0.2) is 64.4 Å². The number of aromatic nitrogens is 2. The fraction of sp³-hybridized carbons (Fsp3) is 0.367. The molecule has 4 rings (SSSR count). The Morgan fingerprint density at radius 2 is 1.40 bits per heavy atom. The zero-order valence-corrected chi connectivity index (χ0v) is 25.3. The number of carbonyl (C=O) groups excluding carboxylic acids is 1. The van der Waals surface area contributed by atoms with Crippen molar-refractivity contribution in [1.82, 2.24) is 9.97 Å². The highest BCUT2D eigenvalue weighted by atomic mass is 32.1. The molecule has 0 aliphatic carbocycles. The van der Waals surface area contributed by atoms with Crippen LogP contribution < -0.4 is 5.73 Å². The van der Waals surface area contributed by atoms with Crippen molar-refractivity contribution in [3.63, 3.8) is 0 Å². The smallest absolute Gasteiger partial charge is 0.302 e. The second-order valence-corrected chi connectivity index (χ2v) is 11.0. The van der Waals surface area contributed by atoms with Crippen LogP contribution in [0.1, 0.15) is 57.5 Å². The van der Waals surface area contributed by atoms with Crippen molar-refractivity contribution in [2.24, 2.45) is 10.8 Å². The zero-order chi connectivity index (χ0) is 29.2. The molecular formula is C30H38N6O2S2. The average molecular weight is 579 g/mol. The van der Waals surface area contributed by atoms with Crippen molar-refractivity contribution in [2.45, 2.75) is 66.5 Å². The largest absolute Gasteiger partial charge is 0.466 e. The third kappa shape index (κ3) is 13.5. The minimum atomic E-state index is -0.211. The first-order chi connectivity index (χ1) is 19.3. The number of benzene rings is 2. The zero-order valence-electron chi connectivity index (χ0n) is 23.7. The lowest BCUT2D eigenvalue weighted by Crippen LogP contribution is -1.98. The van der Waals surface area contributed by atoms with Gasteiger partial charge in [-0.3, -0.25) is 4.79 Å². The summed E-state index contributed by atoms with van der Waals surface area (Å²) in [6.45, 7) is 8.75. The van der Waals surface area contributed by atoms with E-state index in [4.69, 9.17) is 11.3 Å². The number of carbonyl (C=O) groups is 1. The van der Waals surface area contributed by atoms with Crippen molar-refractivity contribution >= 4 is 28.6 Å². The van der Waals surface area contributed by atoms with Gasteiger partial charge < -0.3 is 10.5 Å². The van der Waals surface area contributed by atoms with Crippen molar-refractivity contribution in [2.75, 3.05) is 6.61 Å². The predicted molar refractivity (Wildman–Crippen MR) is 164 cm³/mol. The first kappa shape index (κ1) is 32.7. The molecule has 0 amide bonds. The number of hydrogen-bond acceptors (Lipinski definition) is 8. The molecule has 0 aliphatic heterocycles. The van der Waals surface area contributed by atoms with E-state index >= 15 is 0 Å². The van der Waals surface area contributed by atoms with Gasteiger partial charge in [-0.05, 0) is 74.2 Å². The number of ether oxygens (including phenoxy) is 1. The van der Waals surface area contributed by atoms with Crippen LogP contribution in [0.5, 0.6) is 0 Å². The molecule has 0 unspecified atom stereocenters. The van der Waals surface area contributed by atoms with Crippen LogP contribution in [0.4, 0.5) is 0 Å². The van der Waals surface area contributed by atoms with Gasteiger partial charge in [0, 0.05) is 29.1 Å². The molecule has 0 atom stereocenters. The highest BCUT2D eigenvalue weighted by molar-refractivity contribution is 7.09. The average Bonchev–Trinajstić information content (AvgIpc) is 3.57. The summed E-state index contributed by atoms with van der Waals surface area (Å²) in [5.74, 6) is -0.211.